The number of ketones is 1. The molecular formula is C10H17NO3. The zero-order valence-electron chi connectivity index (χ0n) is 9.14. The molecule has 0 aliphatic heterocycles. The number of nitrogens with one attached hydrogen (secondary N) is 1. The van der Waals surface area contributed by atoms with Crippen LogP contribution in [0.5, 0.6) is 0 Å². The van der Waals surface area contributed by atoms with Gasteiger partial charge in [0.05, 0.1) is 6.54 Å². The number of carbonyl (C=O) groups excluding carboxylic acids is 2. The number of alkyl carbamates (subject to hydrolysis) is 1. The monoisotopic (exact) mass is 199 g/mol. The van der Waals surface area contributed by atoms with Crippen molar-refractivity contribution in [2.75, 3.05) is 6.54 Å². The summed E-state index contributed by atoms with van der Waals surface area (Å²) >= 11 is 0. The molecule has 0 aromatic heterocycles. The highest BCUT2D eigenvalue weighted by molar-refractivity contribution is 5.97. The van der Waals surface area contributed by atoms with E-state index in [4.69, 9.17) is 4.74 Å². The van der Waals surface area contributed by atoms with Crippen molar-refractivity contribution in [3.05, 3.63) is 12.2 Å². The molecule has 0 saturated heterocycles. The van der Waals surface area contributed by atoms with Gasteiger partial charge in [0.1, 0.15) is 5.60 Å². The van der Waals surface area contributed by atoms with Crippen molar-refractivity contribution in [3.63, 3.8) is 0 Å². The van der Waals surface area contributed by atoms with E-state index >= 15 is 0 Å². The first-order valence-electron chi connectivity index (χ1n) is 4.38. The van der Waals surface area contributed by atoms with Crippen molar-refractivity contribution in [2.24, 2.45) is 0 Å². The Labute approximate surface area is 84.3 Å². The highest BCUT2D eigenvalue weighted by Gasteiger charge is 2.16. The predicted octanol–water partition coefficient (Wildman–Crippen LogP) is 1.66. The fraction of sp³-hybridized carbons (Fsp3) is 0.600. The van der Waals surface area contributed by atoms with Crippen molar-refractivity contribution in [1.29, 1.82) is 0 Å². The molecule has 4 heteroatoms. The third kappa shape index (κ3) is 6.22. The first-order chi connectivity index (χ1) is 6.22. The molecule has 0 fully saturated rings. The Bertz CT molecular complexity index is 251. The van der Waals surface area contributed by atoms with Crippen LogP contribution in [-0.2, 0) is 9.53 Å². The van der Waals surface area contributed by atoms with Crippen LogP contribution < -0.4 is 5.32 Å². The van der Waals surface area contributed by atoms with Gasteiger partial charge in [0.25, 0.3) is 0 Å². The molecule has 0 heterocycles. The van der Waals surface area contributed by atoms with Gasteiger partial charge in [0.15, 0.2) is 5.78 Å². The number of hydrogen-bond donors (Lipinski definition) is 1. The van der Waals surface area contributed by atoms with E-state index in [1.807, 2.05) is 0 Å². The molecule has 14 heavy (non-hydrogen) atoms. The summed E-state index contributed by atoms with van der Waals surface area (Å²) in [5.41, 5.74) is -0.128. The van der Waals surface area contributed by atoms with Gasteiger partial charge in [-0.2, -0.15) is 0 Å². The Kier molecular flexibility index (Phi) is 4.34. The molecule has 0 saturated carbocycles. The number of rotatable bonds is 3. The van der Waals surface area contributed by atoms with Crippen LogP contribution in [0.25, 0.3) is 0 Å². The Morgan fingerprint density at radius 1 is 1.36 bits per heavy atom. The number of Topliss-reactive ketones (excluding diaryl/α,β-unsaturated/α-hetero) is 1. The number of hydrogen-bond acceptors (Lipinski definition) is 3. The molecule has 0 aromatic carbocycles. The van der Waals surface area contributed by atoms with Crippen molar-refractivity contribution >= 4 is 11.9 Å². The van der Waals surface area contributed by atoms with Crippen LogP contribution in [0.2, 0.25) is 0 Å². The van der Waals surface area contributed by atoms with Gasteiger partial charge in [-0.1, -0.05) is 6.58 Å². The number of carbonyl (C=O) groups is 2. The second-order valence-electron chi connectivity index (χ2n) is 4.06. The molecule has 4 nitrogen and oxygen atoms in total. The first kappa shape index (κ1) is 12.7. The molecule has 0 atom stereocenters. The first-order valence-corrected chi connectivity index (χ1v) is 4.38. The van der Waals surface area contributed by atoms with Crippen LogP contribution in [0.3, 0.4) is 0 Å². The van der Waals surface area contributed by atoms with Gasteiger partial charge < -0.3 is 10.1 Å². The Balaban J connectivity index is 3.87. The summed E-state index contributed by atoms with van der Waals surface area (Å²) < 4.78 is 4.94. The van der Waals surface area contributed by atoms with Crippen molar-refractivity contribution in [3.8, 4) is 0 Å². The average molecular weight is 199 g/mol. The Morgan fingerprint density at radius 3 is 2.21 bits per heavy atom. The van der Waals surface area contributed by atoms with E-state index in [0.29, 0.717) is 5.57 Å². The highest BCUT2D eigenvalue weighted by Crippen LogP contribution is 2.06. The summed E-state index contributed by atoms with van der Waals surface area (Å²) in [6.45, 7) is 10.3. The van der Waals surface area contributed by atoms with Crippen LogP contribution in [-0.4, -0.2) is 24.0 Å². The van der Waals surface area contributed by atoms with E-state index in [-0.39, 0.29) is 12.3 Å². The summed E-state index contributed by atoms with van der Waals surface area (Å²) in [5.74, 6) is -0.198. The molecule has 0 unspecified atom stereocenters. The van der Waals surface area contributed by atoms with Crippen molar-refractivity contribution in [1.82, 2.24) is 5.32 Å². The fourth-order valence-corrected chi connectivity index (χ4v) is 0.618. The maximum absolute atomic E-state index is 11.1. The second-order valence-corrected chi connectivity index (χ2v) is 4.06. The zero-order chi connectivity index (χ0) is 11.4. The lowest BCUT2D eigenvalue weighted by atomic mass is 10.2. The molecule has 0 radical (unpaired) electrons. The SMILES string of the molecule is C=C(C)C(=O)CNC(=O)OC(C)(C)C. The molecule has 0 aromatic rings. The summed E-state index contributed by atoms with van der Waals surface area (Å²) in [4.78, 5) is 22.1. The minimum Gasteiger partial charge on any atom is -0.444 e. The lowest BCUT2D eigenvalue weighted by Crippen LogP contribution is -2.35. The maximum atomic E-state index is 11.1. The van der Waals surface area contributed by atoms with Gasteiger partial charge >= 0.3 is 6.09 Å². The van der Waals surface area contributed by atoms with E-state index in [1.54, 1.807) is 27.7 Å². The van der Waals surface area contributed by atoms with E-state index in [0.717, 1.165) is 0 Å². The minimum absolute atomic E-state index is 0.0652. The largest absolute Gasteiger partial charge is 0.444 e. The van der Waals surface area contributed by atoms with Crippen LogP contribution >= 0.6 is 0 Å². The topological polar surface area (TPSA) is 55.4 Å². The fourth-order valence-electron chi connectivity index (χ4n) is 0.618. The lowest BCUT2D eigenvalue weighted by molar-refractivity contribution is -0.114. The van der Waals surface area contributed by atoms with Crippen molar-refractivity contribution in [2.45, 2.75) is 33.3 Å². The number of amides is 1. The van der Waals surface area contributed by atoms with E-state index in [9.17, 15) is 9.59 Å². The maximum Gasteiger partial charge on any atom is 0.408 e. The predicted molar refractivity (Wildman–Crippen MR) is 54.1 cm³/mol. The standard InChI is InChI=1S/C10H17NO3/c1-7(2)8(12)6-11-9(13)14-10(3,4)5/h1,6H2,2-5H3,(H,11,13). The van der Waals surface area contributed by atoms with E-state index in [2.05, 4.69) is 11.9 Å². The Morgan fingerprint density at radius 2 is 1.86 bits per heavy atom. The summed E-state index contributed by atoms with van der Waals surface area (Å²) in [6, 6.07) is 0. The smallest absolute Gasteiger partial charge is 0.408 e. The van der Waals surface area contributed by atoms with Crippen LogP contribution in [0, 0.1) is 0 Å². The van der Waals surface area contributed by atoms with Gasteiger partial charge in [-0.3, -0.25) is 4.79 Å². The molecule has 0 rings (SSSR count). The zero-order valence-corrected chi connectivity index (χ0v) is 9.14. The highest BCUT2D eigenvalue weighted by atomic mass is 16.6. The van der Waals surface area contributed by atoms with Gasteiger partial charge in [0, 0.05) is 0 Å². The Hall–Kier alpha value is -1.32. The normalized spacial score (nSPS) is 10.6. The summed E-state index contributed by atoms with van der Waals surface area (Å²) in [5, 5.41) is 2.35. The van der Waals surface area contributed by atoms with Crippen LogP contribution in [0.4, 0.5) is 4.79 Å². The summed E-state index contributed by atoms with van der Waals surface area (Å²) in [7, 11) is 0. The van der Waals surface area contributed by atoms with Gasteiger partial charge in [0.2, 0.25) is 0 Å². The van der Waals surface area contributed by atoms with Gasteiger partial charge in [-0.15, -0.1) is 0 Å². The molecule has 0 aliphatic carbocycles. The van der Waals surface area contributed by atoms with Gasteiger partial charge in [-0.25, -0.2) is 4.79 Å². The quantitative estimate of drug-likeness (QED) is 0.703. The molecule has 0 bridgehead atoms. The number of ether oxygens (including phenoxy) is 1. The molecule has 0 aliphatic rings. The lowest BCUT2D eigenvalue weighted by Gasteiger charge is -2.19. The molecule has 0 spiro atoms. The third-order valence-electron chi connectivity index (χ3n) is 1.27. The molecule has 1 N–H and O–H groups in total. The third-order valence-corrected chi connectivity index (χ3v) is 1.27. The summed E-state index contributed by atoms with van der Waals surface area (Å²) in [6.07, 6.45) is -0.591. The van der Waals surface area contributed by atoms with Crippen LogP contribution in [0.15, 0.2) is 12.2 Å². The van der Waals surface area contributed by atoms with E-state index in [1.165, 1.54) is 0 Å². The molecule has 80 valence electrons. The van der Waals surface area contributed by atoms with Crippen LogP contribution in [0.1, 0.15) is 27.7 Å². The van der Waals surface area contributed by atoms with Gasteiger partial charge in [-0.05, 0) is 33.3 Å². The molecular weight excluding hydrogens is 182 g/mol. The second kappa shape index (κ2) is 4.79. The average Bonchev–Trinajstić information content (AvgIpc) is 1.96. The van der Waals surface area contributed by atoms with E-state index < -0.39 is 11.7 Å². The van der Waals surface area contributed by atoms with Crippen molar-refractivity contribution < 1.29 is 14.3 Å². The minimum atomic E-state index is -0.591. The molecule has 1 amide bonds.